The Bertz CT molecular complexity index is 514. The number of imide groups is 1. The molecule has 8 heteroatoms. The molecule has 0 spiro atoms. The van der Waals surface area contributed by atoms with Crippen LogP contribution in [0.4, 0.5) is 0 Å². The molecule has 1 fully saturated rings. The van der Waals surface area contributed by atoms with E-state index in [-0.39, 0.29) is 24.1 Å². The molecule has 0 radical (unpaired) electrons. The van der Waals surface area contributed by atoms with Gasteiger partial charge < -0.3 is 20.9 Å². The van der Waals surface area contributed by atoms with Gasteiger partial charge in [-0.05, 0) is 6.07 Å². The summed E-state index contributed by atoms with van der Waals surface area (Å²) in [6.07, 6.45) is 1.03. The Kier molecular flexibility index (Phi) is 4.61. The van der Waals surface area contributed by atoms with E-state index in [1.165, 1.54) is 6.20 Å². The van der Waals surface area contributed by atoms with Crippen molar-refractivity contribution in [2.45, 2.75) is 6.10 Å². The third-order valence-electron chi connectivity index (χ3n) is 2.88. The van der Waals surface area contributed by atoms with Gasteiger partial charge in [-0.25, -0.2) is 4.98 Å². The lowest BCUT2D eigenvalue weighted by Gasteiger charge is -2.24. The number of nitrogens with zero attached hydrogens (tertiary/aromatic N) is 1. The van der Waals surface area contributed by atoms with Crippen molar-refractivity contribution in [2.75, 3.05) is 26.2 Å². The third kappa shape index (κ3) is 3.10. The lowest BCUT2D eigenvalue weighted by atomic mass is 10.1. The molecule has 1 aliphatic heterocycles. The number of aromatic nitrogens is 1. The quantitative estimate of drug-likeness (QED) is 0.540. The highest BCUT2D eigenvalue weighted by molar-refractivity contribution is 6.05. The fourth-order valence-corrected chi connectivity index (χ4v) is 1.90. The number of pyridine rings is 1. The van der Waals surface area contributed by atoms with E-state index in [9.17, 15) is 14.7 Å². The molecule has 0 aromatic carbocycles. The normalized spacial score (nSPS) is 18.6. The number of carbonyl (C=O) groups is 2. The number of carbonyl (C=O) groups excluding carboxylic acids is 2. The Morgan fingerprint density at radius 3 is 3.05 bits per heavy atom. The van der Waals surface area contributed by atoms with Crippen LogP contribution in [0.2, 0.25) is 0 Å². The van der Waals surface area contributed by atoms with E-state index < -0.39 is 11.8 Å². The smallest absolute Gasteiger partial charge is 0.280 e. The molecule has 2 heterocycles. The molecule has 0 saturated carbocycles. The van der Waals surface area contributed by atoms with Gasteiger partial charge in [-0.1, -0.05) is 0 Å². The van der Waals surface area contributed by atoms with Crippen molar-refractivity contribution in [3.63, 3.8) is 0 Å². The van der Waals surface area contributed by atoms with Crippen LogP contribution in [0.3, 0.4) is 0 Å². The molecule has 1 aliphatic rings. The molecule has 5 N–H and O–H groups in total. The topological polar surface area (TPSA) is 127 Å². The fraction of sp³-hybridized carbons (Fsp3) is 0.417. The number of morpholine rings is 1. The number of ether oxygens (including phenoxy) is 1. The predicted octanol–water partition coefficient (Wildman–Crippen LogP) is -1.34. The molecule has 1 aromatic heterocycles. The molecule has 108 valence electrons. The second-order valence-electron chi connectivity index (χ2n) is 4.24. The van der Waals surface area contributed by atoms with Crippen LogP contribution in [0.5, 0.6) is 5.75 Å². The van der Waals surface area contributed by atoms with Crippen molar-refractivity contribution in [1.82, 2.24) is 15.6 Å². The maximum absolute atomic E-state index is 11.8. The summed E-state index contributed by atoms with van der Waals surface area (Å²) >= 11 is 0. The summed E-state index contributed by atoms with van der Waals surface area (Å²) in [6.45, 7) is 1.46. The molecular weight excluding hydrogens is 264 g/mol. The molecule has 1 aromatic rings. The first-order valence-electron chi connectivity index (χ1n) is 6.18. The average Bonchev–Trinajstić information content (AvgIpc) is 2.48. The van der Waals surface area contributed by atoms with Crippen LogP contribution >= 0.6 is 0 Å². The number of amides is 2. The monoisotopic (exact) mass is 280 g/mol. The summed E-state index contributed by atoms with van der Waals surface area (Å²) in [5.41, 5.74) is 5.34. The van der Waals surface area contributed by atoms with Gasteiger partial charge in [-0.15, -0.1) is 0 Å². The lowest BCUT2D eigenvalue weighted by Crippen LogP contribution is -2.36. The van der Waals surface area contributed by atoms with Crippen molar-refractivity contribution >= 4 is 11.8 Å². The van der Waals surface area contributed by atoms with Crippen LogP contribution in [-0.2, 0) is 9.53 Å². The molecule has 2 rings (SSSR count). The maximum Gasteiger partial charge on any atom is 0.280 e. The van der Waals surface area contributed by atoms with Gasteiger partial charge in [0.05, 0.1) is 19.3 Å². The van der Waals surface area contributed by atoms with Crippen molar-refractivity contribution < 1.29 is 19.4 Å². The minimum absolute atomic E-state index is 0.224. The van der Waals surface area contributed by atoms with Crippen LogP contribution in [0.15, 0.2) is 12.3 Å². The first-order valence-corrected chi connectivity index (χ1v) is 6.18. The van der Waals surface area contributed by atoms with Gasteiger partial charge in [0.2, 0.25) is 5.91 Å². The van der Waals surface area contributed by atoms with Crippen molar-refractivity contribution in [3.05, 3.63) is 23.5 Å². The number of rotatable bonds is 3. The van der Waals surface area contributed by atoms with Crippen molar-refractivity contribution in [2.24, 2.45) is 5.73 Å². The van der Waals surface area contributed by atoms with E-state index in [0.717, 1.165) is 6.54 Å². The summed E-state index contributed by atoms with van der Waals surface area (Å²) in [5, 5.41) is 15.3. The molecule has 2 amide bonds. The molecule has 1 unspecified atom stereocenters. The zero-order valence-electron chi connectivity index (χ0n) is 10.8. The molecule has 0 bridgehead atoms. The zero-order valence-corrected chi connectivity index (χ0v) is 10.8. The number of hydrogen-bond acceptors (Lipinski definition) is 7. The number of nitrogens with one attached hydrogen (secondary N) is 2. The summed E-state index contributed by atoms with van der Waals surface area (Å²) in [5.74, 6) is -1.72. The van der Waals surface area contributed by atoms with Crippen molar-refractivity contribution in [3.8, 4) is 5.75 Å². The Morgan fingerprint density at radius 2 is 2.40 bits per heavy atom. The van der Waals surface area contributed by atoms with Gasteiger partial charge in [0.15, 0.2) is 11.4 Å². The second-order valence-corrected chi connectivity index (χ2v) is 4.24. The van der Waals surface area contributed by atoms with Crippen LogP contribution in [-0.4, -0.2) is 48.1 Å². The molecule has 1 atom stereocenters. The van der Waals surface area contributed by atoms with E-state index in [0.29, 0.717) is 18.7 Å². The lowest BCUT2D eigenvalue weighted by molar-refractivity contribution is -0.118. The molecular formula is C12H16N4O4. The second kappa shape index (κ2) is 6.42. The number of nitrogens with two attached hydrogens (primary N) is 1. The van der Waals surface area contributed by atoms with Crippen LogP contribution in [0.1, 0.15) is 22.2 Å². The number of hydrogen-bond donors (Lipinski definition) is 4. The molecule has 1 saturated heterocycles. The third-order valence-corrected chi connectivity index (χ3v) is 2.88. The van der Waals surface area contributed by atoms with Gasteiger partial charge in [0, 0.05) is 24.8 Å². The fourth-order valence-electron chi connectivity index (χ4n) is 1.90. The summed E-state index contributed by atoms with van der Waals surface area (Å²) in [4.78, 5) is 26.7. The van der Waals surface area contributed by atoms with E-state index in [4.69, 9.17) is 10.5 Å². The SMILES string of the molecule is NCC(=O)NC(=O)c1nccc(C2CNCCO2)c1O. The Labute approximate surface area is 115 Å². The highest BCUT2D eigenvalue weighted by Crippen LogP contribution is 2.29. The Hall–Kier alpha value is -2.03. The summed E-state index contributed by atoms with van der Waals surface area (Å²) < 4.78 is 5.51. The summed E-state index contributed by atoms with van der Waals surface area (Å²) in [6, 6.07) is 1.58. The predicted molar refractivity (Wildman–Crippen MR) is 69.0 cm³/mol. The van der Waals surface area contributed by atoms with Gasteiger partial charge in [-0.3, -0.25) is 14.9 Å². The van der Waals surface area contributed by atoms with E-state index >= 15 is 0 Å². The van der Waals surface area contributed by atoms with E-state index in [1.54, 1.807) is 6.07 Å². The van der Waals surface area contributed by atoms with Crippen molar-refractivity contribution in [1.29, 1.82) is 0 Å². The van der Waals surface area contributed by atoms with Gasteiger partial charge in [0.25, 0.3) is 5.91 Å². The van der Waals surface area contributed by atoms with Crippen LogP contribution < -0.4 is 16.4 Å². The first-order chi connectivity index (χ1) is 9.63. The van der Waals surface area contributed by atoms with Crippen LogP contribution in [0, 0.1) is 0 Å². The zero-order chi connectivity index (χ0) is 14.5. The first kappa shape index (κ1) is 14.4. The van der Waals surface area contributed by atoms with Gasteiger partial charge >= 0.3 is 0 Å². The summed E-state index contributed by atoms with van der Waals surface area (Å²) in [7, 11) is 0. The minimum Gasteiger partial charge on any atom is -0.505 e. The largest absolute Gasteiger partial charge is 0.505 e. The van der Waals surface area contributed by atoms with E-state index in [2.05, 4.69) is 10.3 Å². The maximum atomic E-state index is 11.8. The van der Waals surface area contributed by atoms with E-state index in [1.807, 2.05) is 5.32 Å². The molecule has 0 aliphatic carbocycles. The highest BCUT2D eigenvalue weighted by atomic mass is 16.5. The molecule has 20 heavy (non-hydrogen) atoms. The highest BCUT2D eigenvalue weighted by Gasteiger charge is 2.24. The van der Waals surface area contributed by atoms with Gasteiger partial charge in [-0.2, -0.15) is 0 Å². The minimum atomic E-state index is -0.788. The van der Waals surface area contributed by atoms with Gasteiger partial charge in [0.1, 0.15) is 0 Å². The standard InChI is InChI=1S/C12H16N4O4/c13-5-9(17)16-12(19)10-11(18)7(1-2-15-10)8-6-14-3-4-20-8/h1-2,8,14,18H,3-6,13H2,(H,16,17,19). The molecule has 8 nitrogen and oxygen atoms in total. The number of aromatic hydroxyl groups is 1. The Morgan fingerprint density at radius 1 is 1.60 bits per heavy atom. The Balaban J connectivity index is 2.22. The van der Waals surface area contributed by atoms with Crippen LogP contribution in [0.25, 0.3) is 0 Å². The average molecular weight is 280 g/mol.